The van der Waals surface area contributed by atoms with E-state index in [0.29, 0.717) is 0 Å². The minimum absolute atomic E-state index is 0.0909. The van der Waals surface area contributed by atoms with Crippen molar-refractivity contribution < 1.29 is 14.6 Å². The molecule has 0 fully saturated rings. The standard InChI is InChI=1S/C12H26N2O3/c1-12(2,17-5)6-7-14(10-11(15)16)9-8-13(3)4/h6-10H2,1-5H3,(H,15,16). The predicted molar refractivity (Wildman–Crippen MR) is 68.3 cm³/mol. The molecule has 5 nitrogen and oxygen atoms in total. The van der Waals surface area contributed by atoms with Crippen LogP contribution in [0.15, 0.2) is 0 Å². The van der Waals surface area contributed by atoms with Gasteiger partial charge in [0.15, 0.2) is 0 Å². The van der Waals surface area contributed by atoms with E-state index in [-0.39, 0.29) is 12.1 Å². The smallest absolute Gasteiger partial charge is 0.317 e. The van der Waals surface area contributed by atoms with Crippen LogP contribution in [0.3, 0.4) is 0 Å². The van der Waals surface area contributed by atoms with Gasteiger partial charge in [-0.25, -0.2) is 0 Å². The van der Waals surface area contributed by atoms with Gasteiger partial charge in [-0.15, -0.1) is 0 Å². The molecule has 5 heteroatoms. The summed E-state index contributed by atoms with van der Waals surface area (Å²) in [4.78, 5) is 14.8. The Kier molecular flexibility index (Phi) is 7.34. The maximum atomic E-state index is 10.8. The first-order chi connectivity index (χ1) is 7.76. The van der Waals surface area contributed by atoms with Crippen LogP contribution in [0.25, 0.3) is 0 Å². The van der Waals surface area contributed by atoms with Gasteiger partial charge < -0.3 is 14.7 Å². The number of hydrogen-bond acceptors (Lipinski definition) is 4. The van der Waals surface area contributed by atoms with Crippen molar-refractivity contribution in [2.24, 2.45) is 0 Å². The fourth-order valence-corrected chi connectivity index (χ4v) is 1.33. The van der Waals surface area contributed by atoms with Crippen molar-refractivity contribution in [3.63, 3.8) is 0 Å². The third kappa shape index (κ3) is 9.09. The summed E-state index contributed by atoms with van der Waals surface area (Å²) in [6, 6.07) is 0. The SMILES string of the molecule is COC(C)(C)CCN(CCN(C)C)CC(=O)O. The van der Waals surface area contributed by atoms with Crippen molar-refractivity contribution in [3.05, 3.63) is 0 Å². The molecule has 0 aliphatic heterocycles. The Bertz CT molecular complexity index is 230. The highest BCUT2D eigenvalue weighted by Gasteiger charge is 2.19. The van der Waals surface area contributed by atoms with E-state index in [4.69, 9.17) is 9.84 Å². The molecule has 0 atom stereocenters. The van der Waals surface area contributed by atoms with E-state index < -0.39 is 5.97 Å². The summed E-state index contributed by atoms with van der Waals surface area (Å²) in [5, 5.41) is 8.85. The zero-order valence-electron chi connectivity index (χ0n) is 11.7. The van der Waals surface area contributed by atoms with Gasteiger partial charge in [-0.1, -0.05) is 0 Å². The van der Waals surface area contributed by atoms with Gasteiger partial charge in [0.25, 0.3) is 0 Å². The van der Waals surface area contributed by atoms with Crippen LogP contribution in [0.2, 0.25) is 0 Å². The van der Waals surface area contributed by atoms with Gasteiger partial charge in [-0.05, 0) is 34.4 Å². The summed E-state index contributed by atoms with van der Waals surface area (Å²) >= 11 is 0. The van der Waals surface area contributed by atoms with Gasteiger partial charge in [0, 0.05) is 26.7 Å². The Morgan fingerprint density at radius 3 is 2.24 bits per heavy atom. The lowest BCUT2D eigenvalue weighted by molar-refractivity contribution is -0.138. The third-order valence-electron chi connectivity index (χ3n) is 2.80. The van der Waals surface area contributed by atoms with Crippen molar-refractivity contribution >= 4 is 5.97 Å². The maximum Gasteiger partial charge on any atom is 0.317 e. The number of likely N-dealkylation sites (N-methyl/N-ethyl adjacent to an activating group) is 1. The number of hydrogen-bond donors (Lipinski definition) is 1. The van der Waals surface area contributed by atoms with Crippen LogP contribution < -0.4 is 0 Å². The maximum absolute atomic E-state index is 10.8. The number of carboxylic acids is 1. The van der Waals surface area contributed by atoms with Crippen molar-refractivity contribution in [3.8, 4) is 0 Å². The van der Waals surface area contributed by atoms with E-state index in [0.717, 1.165) is 26.1 Å². The number of methoxy groups -OCH3 is 1. The molecule has 0 heterocycles. The van der Waals surface area contributed by atoms with Gasteiger partial charge in [0.2, 0.25) is 0 Å². The highest BCUT2D eigenvalue weighted by molar-refractivity contribution is 5.69. The highest BCUT2D eigenvalue weighted by atomic mass is 16.5. The van der Waals surface area contributed by atoms with Crippen LogP contribution in [-0.4, -0.2) is 73.9 Å². The van der Waals surface area contributed by atoms with Crippen LogP contribution in [0.5, 0.6) is 0 Å². The number of ether oxygens (including phenoxy) is 1. The molecule has 0 radical (unpaired) electrons. The second-order valence-corrected chi connectivity index (χ2v) is 5.19. The molecule has 0 aliphatic carbocycles. The Morgan fingerprint density at radius 2 is 1.82 bits per heavy atom. The van der Waals surface area contributed by atoms with Crippen LogP contribution >= 0.6 is 0 Å². The summed E-state index contributed by atoms with van der Waals surface area (Å²) in [6.45, 7) is 6.48. The molecule has 0 aromatic carbocycles. The molecule has 0 saturated heterocycles. The summed E-state index contributed by atoms with van der Waals surface area (Å²) in [6.07, 6.45) is 0.824. The van der Waals surface area contributed by atoms with Crippen molar-refractivity contribution in [2.75, 3.05) is 47.4 Å². The van der Waals surface area contributed by atoms with Crippen LogP contribution in [-0.2, 0) is 9.53 Å². The monoisotopic (exact) mass is 246 g/mol. The Morgan fingerprint density at radius 1 is 1.24 bits per heavy atom. The number of carbonyl (C=O) groups is 1. The van der Waals surface area contributed by atoms with Crippen LogP contribution in [0, 0.1) is 0 Å². The lowest BCUT2D eigenvalue weighted by atomic mass is 10.1. The number of aliphatic carboxylic acids is 1. The predicted octanol–water partition coefficient (Wildman–Crippen LogP) is 0.750. The second kappa shape index (κ2) is 7.63. The molecule has 0 spiro atoms. The van der Waals surface area contributed by atoms with Gasteiger partial charge in [-0.3, -0.25) is 9.69 Å². The molecule has 102 valence electrons. The molecule has 17 heavy (non-hydrogen) atoms. The highest BCUT2D eigenvalue weighted by Crippen LogP contribution is 2.13. The molecular weight excluding hydrogens is 220 g/mol. The normalized spacial score (nSPS) is 12.4. The minimum Gasteiger partial charge on any atom is -0.480 e. The van der Waals surface area contributed by atoms with Gasteiger partial charge in [0.1, 0.15) is 0 Å². The quantitative estimate of drug-likeness (QED) is 0.650. The topological polar surface area (TPSA) is 53.0 Å². The molecule has 0 saturated carbocycles. The molecule has 0 bridgehead atoms. The largest absolute Gasteiger partial charge is 0.480 e. The van der Waals surface area contributed by atoms with Crippen molar-refractivity contribution in [1.82, 2.24) is 9.80 Å². The van der Waals surface area contributed by atoms with E-state index in [1.165, 1.54) is 0 Å². The average molecular weight is 246 g/mol. The minimum atomic E-state index is -0.779. The fourth-order valence-electron chi connectivity index (χ4n) is 1.33. The Hall–Kier alpha value is -0.650. The molecule has 0 unspecified atom stereocenters. The van der Waals surface area contributed by atoms with Gasteiger partial charge in [0.05, 0.1) is 12.1 Å². The van der Waals surface area contributed by atoms with E-state index in [1.54, 1.807) is 7.11 Å². The molecule has 0 aromatic heterocycles. The first-order valence-corrected chi connectivity index (χ1v) is 5.91. The zero-order valence-corrected chi connectivity index (χ0v) is 11.7. The summed E-state index contributed by atoms with van der Waals surface area (Å²) < 4.78 is 5.33. The third-order valence-corrected chi connectivity index (χ3v) is 2.80. The fraction of sp³-hybridized carbons (Fsp3) is 0.917. The molecule has 0 aromatic rings. The van der Waals surface area contributed by atoms with Crippen molar-refractivity contribution in [1.29, 1.82) is 0 Å². The van der Waals surface area contributed by atoms with E-state index in [9.17, 15) is 4.79 Å². The summed E-state index contributed by atoms with van der Waals surface area (Å²) in [5.41, 5.74) is -0.200. The zero-order chi connectivity index (χ0) is 13.5. The first-order valence-electron chi connectivity index (χ1n) is 5.91. The molecule has 0 aliphatic rings. The van der Waals surface area contributed by atoms with E-state index >= 15 is 0 Å². The van der Waals surface area contributed by atoms with Gasteiger partial charge in [-0.2, -0.15) is 0 Å². The first kappa shape index (κ1) is 16.4. The van der Waals surface area contributed by atoms with Crippen LogP contribution in [0.1, 0.15) is 20.3 Å². The molecule has 1 N–H and O–H groups in total. The Labute approximate surface area is 104 Å². The van der Waals surface area contributed by atoms with Crippen LogP contribution in [0.4, 0.5) is 0 Å². The molecule has 0 amide bonds. The number of carboxylic acid groups (broad SMARTS) is 1. The number of rotatable bonds is 9. The van der Waals surface area contributed by atoms with Gasteiger partial charge >= 0.3 is 5.97 Å². The summed E-state index contributed by atoms with van der Waals surface area (Å²) in [5.74, 6) is -0.779. The lowest BCUT2D eigenvalue weighted by Gasteiger charge is -2.28. The van der Waals surface area contributed by atoms with Crippen molar-refractivity contribution in [2.45, 2.75) is 25.9 Å². The average Bonchev–Trinajstić information content (AvgIpc) is 2.21. The molecular formula is C12H26N2O3. The number of nitrogens with zero attached hydrogens (tertiary/aromatic N) is 2. The second-order valence-electron chi connectivity index (χ2n) is 5.19. The lowest BCUT2D eigenvalue weighted by Crippen LogP contribution is -2.39. The summed E-state index contributed by atoms with van der Waals surface area (Å²) in [7, 11) is 5.65. The van der Waals surface area contributed by atoms with E-state index in [1.807, 2.05) is 32.8 Å². The Balaban J connectivity index is 4.14. The van der Waals surface area contributed by atoms with E-state index in [2.05, 4.69) is 4.90 Å². The molecule has 0 rings (SSSR count).